The van der Waals surface area contributed by atoms with Crippen LogP contribution in [0.4, 0.5) is 4.39 Å². The number of hydrogen-bond donors (Lipinski definition) is 1. The fourth-order valence-electron chi connectivity index (χ4n) is 2.96. The average molecular weight is 330 g/mol. The number of fused-ring (bicyclic) bond motifs is 1. The first-order chi connectivity index (χ1) is 10.6. The number of hydrogen-bond acceptors (Lipinski definition) is 3. The number of halogens is 2. The smallest absolute Gasteiger partial charge is 0.131 e. The predicted octanol–water partition coefficient (Wildman–Crippen LogP) is 3.98. The predicted molar refractivity (Wildman–Crippen MR) is 92.3 cm³/mol. The average Bonchev–Trinajstić information content (AvgIpc) is 3.24. The van der Waals surface area contributed by atoms with Crippen molar-refractivity contribution in [2.75, 3.05) is 0 Å². The van der Waals surface area contributed by atoms with E-state index in [4.69, 9.17) is 5.73 Å². The van der Waals surface area contributed by atoms with Gasteiger partial charge in [-0.15, -0.1) is 12.4 Å². The molecular formula is C18H17ClFN3. The van der Waals surface area contributed by atoms with Crippen LogP contribution in [0.2, 0.25) is 0 Å². The molecule has 0 amide bonds. The van der Waals surface area contributed by atoms with Gasteiger partial charge in [-0.2, -0.15) is 0 Å². The number of benzene rings is 2. The summed E-state index contributed by atoms with van der Waals surface area (Å²) in [5.74, 6) is 0.835. The minimum atomic E-state index is -0.213. The Bertz CT molecular complexity index is 881. The summed E-state index contributed by atoms with van der Waals surface area (Å²) < 4.78 is 14.0. The van der Waals surface area contributed by atoms with E-state index in [-0.39, 0.29) is 24.3 Å². The van der Waals surface area contributed by atoms with E-state index in [2.05, 4.69) is 9.97 Å². The summed E-state index contributed by atoms with van der Waals surface area (Å²) in [6.07, 6.45) is 0.972. The first-order valence-corrected chi connectivity index (χ1v) is 7.42. The molecule has 4 rings (SSSR count). The van der Waals surface area contributed by atoms with Crippen LogP contribution < -0.4 is 5.73 Å². The summed E-state index contributed by atoms with van der Waals surface area (Å²) in [7, 11) is 0. The molecule has 0 bridgehead atoms. The summed E-state index contributed by atoms with van der Waals surface area (Å²) in [5.41, 5.74) is 8.69. The molecule has 2 atom stereocenters. The highest BCUT2D eigenvalue weighted by Crippen LogP contribution is 2.39. The zero-order chi connectivity index (χ0) is 15.3. The van der Waals surface area contributed by atoms with Gasteiger partial charge in [0.1, 0.15) is 11.6 Å². The van der Waals surface area contributed by atoms with Crippen molar-refractivity contribution in [3.8, 4) is 11.3 Å². The Morgan fingerprint density at radius 3 is 2.48 bits per heavy atom. The van der Waals surface area contributed by atoms with E-state index in [1.165, 1.54) is 6.07 Å². The standard InChI is InChI=1S/C18H16FN3.ClH/c1-10-21-17(9-18(22-10)14-8-16(14)20)13-6-7-15(19)12-5-3-2-4-11(12)13;/h2-7,9,14,16H,8,20H2,1H3;1H. The molecule has 23 heavy (non-hydrogen) atoms. The second-order valence-electron chi connectivity index (χ2n) is 5.87. The molecule has 1 saturated carbocycles. The van der Waals surface area contributed by atoms with Gasteiger partial charge in [0.05, 0.1) is 5.69 Å². The van der Waals surface area contributed by atoms with Gasteiger partial charge in [0.25, 0.3) is 0 Å². The largest absolute Gasteiger partial charge is 0.327 e. The Kier molecular flexibility index (Phi) is 4.04. The maximum absolute atomic E-state index is 14.0. The van der Waals surface area contributed by atoms with Crippen molar-refractivity contribution in [2.24, 2.45) is 5.73 Å². The van der Waals surface area contributed by atoms with E-state index in [9.17, 15) is 4.39 Å². The maximum Gasteiger partial charge on any atom is 0.131 e. The van der Waals surface area contributed by atoms with Gasteiger partial charge >= 0.3 is 0 Å². The quantitative estimate of drug-likeness (QED) is 0.773. The molecule has 0 saturated heterocycles. The Hall–Kier alpha value is -2.04. The maximum atomic E-state index is 14.0. The van der Waals surface area contributed by atoms with Crippen molar-refractivity contribution >= 4 is 23.2 Å². The third kappa shape index (κ3) is 2.80. The van der Waals surface area contributed by atoms with Gasteiger partial charge in [0.15, 0.2) is 0 Å². The number of rotatable bonds is 2. The van der Waals surface area contributed by atoms with Gasteiger partial charge in [-0.1, -0.05) is 24.3 Å². The van der Waals surface area contributed by atoms with E-state index in [0.29, 0.717) is 11.3 Å². The molecule has 1 aromatic heterocycles. The minimum Gasteiger partial charge on any atom is -0.327 e. The number of aryl methyl sites for hydroxylation is 1. The van der Waals surface area contributed by atoms with Crippen LogP contribution in [0, 0.1) is 12.7 Å². The van der Waals surface area contributed by atoms with Crippen LogP contribution in [0.1, 0.15) is 23.9 Å². The third-order valence-electron chi connectivity index (χ3n) is 4.22. The molecular weight excluding hydrogens is 313 g/mol. The van der Waals surface area contributed by atoms with Gasteiger partial charge in [-0.05, 0) is 36.9 Å². The monoisotopic (exact) mass is 329 g/mol. The molecule has 2 aromatic carbocycles. The molecule has 2 N–H and O–H groups in total. The van der Waals surface area contributed by atoms with Crippen molar-refractivity contribution in [3.63, 3.8) is 0 Å². The van der Waals surface area contributed by atoms with Crippen LogP contribution in [0.25, 0.3) is 22.0 Å². The number of aromatic nitrogens is 2. The van der Waals surface area contributed by atoms with Crippen molar-refractivity contribution in [3.05, 3.63) is 59.8 Å². The first-order valence-electron chi connectivity index (χ1n) is 7.42. The lowest BCUT2D eigenvalue weighted by atomic mass is 10.0. The van der Waals surface area contributed by atoms with Crippen molar-refractivity contribution < 1.29 is 4.39 Å². The molecule has 1 heterocycles. The Balaban J connectivity index is 0.00000156. The summed E-state index contributed by atoms with van der Waals surface area (Å²) in [4.78, 5) is 9.05. The summed E-state index contributed by atoms with van der Waals surface area (Å²) >= 11 is 0. The molecule has 0 aliphatic heterocycles. The lowest BCUT2D eigenvalue weighted by Gasteiger charge is -2.09. The zero-order valence-corrected chi connectivity index (χ0v) is 13.5. The van der Waals surface area contributed by atoms with Gasteiger partial charge in [0.2, 0.25) is 0 Å². The van der Waals surface area contributed by atoms with E-state index < -0.39 is 0 Å². The molecule has 2 unspecified atom stereocenters. The summed E-state index contributed by atoms with van der Waals surface area (Å²) in [6, 6.07) is 12.9. The highest BCUT2D eigenvalue weighted by atomic mass is 35.5. The van der Waals surface area contributed by atoms with Crippen LogP contribution in [0.5, 0.6) is 0 Å². The van der Waals surface area contributed by atoms with E-state index in [0.717, 1.165) is 34.6 Å². The molecule has 118 valence electrons. The minimum absolute atomic E-state index is 0. The van der Waals surface area contributed by atoms with Crippen molar-refractivity contribution in [1.29, 1.82) is 0 Å². The normalized spacial score (nSPS) is 19.4. The number of nitrogens with zero attached hydrogens (tertiary/aromatic N) is 2. The first kappa shape index (κ1) is 15.8. The molecule has 0 radical (unpaired) electrons. The molecule has 1 aliphatic carbocycles. The second kappa shape index (κ2) is 5.87. The van der Waals surface area contributed by atoms with Crippen LogP contribution in [0.3, 0.4) is 0 Å². The van der Waals surface area contributed by atoms with Crippen molar-refractivity contribution in [1.82, 2.24) is 9.97 Å². The fraction of sp³-hybridized carbons (Fsp3) is 0.222. The molecule has 1 aliphatic rings. The molecule has 0 spiro atoms. The Labute approximate surface area is 140 Å². The van der Waals surface area contributed by atoms with Gasteiger partial charge < -0.3 is 5.73 Å². The fourth-order valence-corrected chi connectivity index (χ4v) is 2.96. The van der Waals surface area contributed by atoms with Crippen LogP contribution in [-0.4, -0.2) is 16.0 Å². The zero-order valence-electron chi connectivity index (χ0n) is 12.7. The van der Waals surface area contributed by atoms with Crippen LogP contribution in [-0.2, 0) is 0 Å². The Morgan fingerprint density at radius 2 is 1.78 bits per heavy atom. The van der Waals surface area contributed by atoms with Crippen LogP contribution in [0.15, 0.2) is 42.5 Å². The summed E-state index contributed by atoms with van der Waals surface area (Å²) in [5, 5.41) is 1.48. The SMILES string of the molecule is Cc1nc(-c2ccc(F)c3ccccc23)cc(C2CC2N)n1.Cl. The van der Waals surface area contributed by atoms with Gasteiger partial charge in [-0.3, -0.25) is 0 Å². The molecule has 1 fully saturated rings. The molecule has 5 heteroatoms. The highest BCUT2D eigenvalue weighted by Gasteiger charge is 2.36. The van der Waals surface area contributed by atoms with Gasteiger partial charge in [0, 0.05) is 28.6 Å². The third-order valence-corrected chi connectivity index (χ3v) is 4.22. The summed E-state index contributed by atoms with van der Waals surface area (Å²) in [6.45, 7) is 1.88. The Morgan fingerprint density at radius 1 is 1.09 bits per heavy atom. The lowest BCUT2D eigenvalue weighted by Crippen LogP contribution is -2.04. The van der Waals surface area contributed by atoms with Gasteiger partial charge in [-0.25, -0.2) is 14.4 Å². The van der Waals surface area contributed by atoms with Crippen LogP contribution >= 0.6 is 12.4 Å². The molecule has 3 nitrogen and oxygen atoms in total. The van der Waals surface area contributed by atoms with E-state index >= 15 is 0 Å². The molecule has 3 aromatic rings. The number of nitrogens with two attached hydrogens (primary N) is 1. The van der Waals surface area contributed by atoms with E-state index in [1.54, 1.807) is 12.1 Å². The lowest BCUT2D eigenvalue weighted by molar-refractivity contribution is 0.640. The topological polar surface area (TPSA) is 51.8 Å². The van der Waals surface area contributed by atoms with Crippen molar-refractivity contribution in [2.45, 2.75) is 25.3 Å². The second-order valence-corrected chi connectivity index (χ2v) is 5.87. The highest BCUT2D eigenvalue weighted by molar-refractivity contribution is 5.96. The van der Waals surface area contributed by atoms with E-state index in [1.807, 2.05) is 31.2 Å².